The van der Waals surface area contributed by atoms with Gasteiger partial charge in [-0.05, 0) is 56.0 Å². The van der Waals surface area contributed by atoms with Crippen molar-refractivity contribution in [1.29, 1.82) is 0 Å². The van der Waals surface area contributed by atoms with Crippen LogP contribution in [0.4, 0.5) is 4.39 Å². The van der Waals surface area contributed by atoms with Crippen molar-refractivity contribution in [3.05, 3.63) is 69.5 Å². The van der Waals surface area contributed by atoms with Crippen molar-refractivity contribution in [3.8, 4) is 0 Å². The molecule has 0 aliphatic carbocycles. The SMILES string of the molecule is Cc1ccc(C)c(C(C)(N)Cc2ccc(F)cc2Cl)c1. The first-order chi connectivity index (χ1) is 9.29. The molecule has 106 valence electrons. The Morgan fingerprint density at radius 2 is 1.85 bits per heavy atom. The van der Waals surface area contributed by atoms with E-state index in [9.17, 15) is 4.39 Å². The van der Waals surface area contributed by atoms with E-state index in [-0.39, 0.29) is 5.82 Å². The number of hydrogen-bond donors (Lipinski definition) is 1. The molecule has 0 bridgehead atoms. The summed E-state index contributed by atoms with van der Waals surface area (Å²) in [6.45, 7) is 6.07. The van der Waals surface area contributed by atoms with Crippen LogP contribution in [-0.2, 0) is 12.0 Å². The van der Waals surface area contributed by atoms with Gasteiger partial charge in [-0.25, -0.2) is 4.39 Å². The summed E-state index contributed by atoms with van der Waals surface area (Å²) in [6, 6.07) is 10.7. The predicted molar refractivity (Wildman–Crippen MR) is 82.6 cm³/mol. The molecule has 0 radical (unpaired) electrons. The summed E-state index contributed by atoms with van der Waals surface area (Å²) in [5.74, 6) is -0.329. The normalized spacial score (nSPS) is 14.1. The lowest BCUT2D eigenvalue weighted by atomic mass is 9.83. The first-order valence-electron chi connectivity index (χ1n) is 6.60. The fourth-order valence-corrected chi connectivity index (χ4v) is 2.74. The monoisotopic (exact) mass is 291 g/mol. The number of nitrogens with two attached hydrogens (primary N) is 1. The van der Waals surface area contributed by atoms with Crippen LogP contribution in [0.2, 0.25) is 5.02 Å². The Bertz CT molecular complexity index is 635. The molecule has 0 heterocycles. The predicted octanol–water partition coefficient (Wildman–Crippen LogP) is 4.51. The van der Waals surface area contributed by atoms with E-state index in [1.54, 1.807) is 6.07 Å². The second-order valence-corrected chi connectivity index (χ2v) is 6.06. The number of aryl methyl sites for hydroxylation is 2. The molecule has 2 rings (SSSR count). The molecule has 2 aromatic rings. The molecule has 20 heavy (non-hydrogen) atoms. The Morgan fingerprint density at radius 3 is 2.50 bits per heavy atom. The molecule has 0 saturated heterocycles. The summed E-state index contributed by atoms with van der Waals surface area (Å²) in [5.41, 5.74) is 10.2. The van der Waals surface area contributed by atoms with E-state index < -0.39 is 5.54 Å². The van der Waals surface area contributed by atoms with E-state index in [1.165, 1.54) is 17.7 Å². The minimum atomic E-state index is -0.544. The van der Waals surface area contributed by atoms with E-state index in [1.807, 2.05) is 20.8 Å². The fourth-order valence-electron chi connectivity index (χ4n) is 2.51. The Kier molecular flexibility index (Phi) is 4.17. The fraction of sp³-hybridized carbons (Fsp3) is 0.294. The van der Waals surface area contributed by atoms with Crippen LogP contribution in [0.3, 0.4) is 0 Å². The molecular weight excluding hydrogens is 273 g/mol. The minimum Gasteiger partial charge on any atom is -0.321 e. The second kappa shape index (κ2) is 5.55. The van der Waals surface area contributed by atoms with Gasteiger partial charge in [0.2, 0.25) is 0 Å². The summed E-state index contributed by atoms with van der Waals surface area (Å²) >= 11 is 6.10. The van der Waals surface area contributed by atoms with Crippen molar-refractivity contribution >= 4 is 11.6 Å². The molecular formula is C17H19ClFN. The molecule has 2 N–H and O–H groups in total. The molecule has 0 fully saturated rings. The van der Waals surface area contributed by atoms with Gasteiger partial charge in [0.1, 0.15) is 5.82 Å². The highest BCUT2D eigenvalue weighted by Crippen LogP contribution is 2.29. The maximum atomic E-state index is 13.1. The Labute approximate surface area is 124 Å². The molecule has 1 nitrogen and oxygen atoms in total. The minimum absolute atomic E-state index is 0.329. The van der Waals surface area contributed by atoms with Crippen molar-refractivity contribution in [1.82, 2.24) is 0 Å². The summed E-state index contributed by atoms with van der Waals surface area (Å²) in [4.78, 5) is 0. The Hall–Kier alpha value is -1.38. The van der Waals surface area contributed by atoms with Crippen LogP contribution < -0.4 is 5.73 Å². The quantitative estimate of drug-likeness (QED) is 0.884. The van der Waals surface area contributed by atoms with E-state index in [0.29, 0.717) is 11.4 Å². The zero-order valence-corrected chi connectivity index (χ0v) is 12.8. The highest BCUT2D eigenvalue weighted by atomic mass is 35.5. The van der Waals surface area contributed by atoms with Crippen LogP contribution in [0, 0.1) is 19.7 Å². The molecule has 0 amide bonds. The molecule has 1 unspecified atom stereocenters. The maximum Gasteiger partial charge on any atom is 0.124 e. The molecule has 0 saturated carbocycles. The van der Waals surface area contributed by atoms with Gasteiger partial charge in [-0.3, -0.25) is 0 Å². The largest absolute Gasteiger partial charge is 0.321 e. The maximum absolute atomic E-state index is 13.1. The average Bonchev–Trinajstić information content (AvgIpc) is 2.35. The standard InChI is InChI=1S/C17H19ClFN/c1-11-4-5-12(2)15(8-11)17(3,20)10-13-6-7-14(19)9-16(13)18/h4-9H,10,20H2,1-3H3. The van der Waals surface area contributed by atoms with Crippen LogP contribution in [0.25, 0.3) is 0 Å². The van der Waals surface area contributed by atoms with Crippen LogP contribution >= 0.6 is 11.6 Å². The Balaban J connectivity index is 2.37. The molecule has 3 heteroatoms. The smallest absolute Gasteiger partial charge is 0.124 e. The summed E-state index contributed by atoms with van der Waals surface area (Å²) in [6.07, 6.45) is 0.566. The lowest BCUT2D eigenvalue weighted by Crippen LogP contribution is -2.36. The van der Waals surface area contributed by atoms with E-state index in [4.69, 9.17) is 17.3 Å². The third-order valence-electron chi connectivity index (χ3n) is 3.58. The molecule has 2 aromatic carbocycles. The highest BCUT2D eigenvalue weighted by Gasteiger charge is 2.24. The van der Waals surface area contributed by atoms with Crippen molar-refractivity contribution in [2.24, 2.45) is 5.73 Å². The van der Waals surface area contributed by atoms with Crippen LogP contribution in [0.15, 0.2) is 36.4 Å². The molecule has 1 atom stereocenters. The average molecular weight is 292 g/mol. The summed E-state index contributed by atoms with van der Waals surface area (Å²) in [7, 11) is 0. The first kappa shape index (κ1) is 15.0. The molecule has 0 aliphatic heterocycles. The molecule has 0 aromatic heterocycles. The zero-order chi connectivity index (χ0) is 14.9. The first-order valence-corrected chi connectivity index (χ1v) is 6.98. The van der Waals surface area contributed by atoms with Gasteiger partial charge in [0.25, 0.3) is 0 Å². The molecule has 0 spiro atoms. The van der Waals surface area contributed by atoms with Gasteiger partial charge in [-0.15, -0.1) is 0 Å². The van der Waals surface area contributed by atoms with Gasteiger partial charge >= 0.3 is 0 Å². The van der Waals surface area contributed by atoms with Gasteiger partial charge in [-0.1, -0.05) is 41.4 Å². The van der Waals surface area contributed by atoms with Crippen LogP contribution in [0.5, 0.6) is 0 Å². The van der Waals surface area contributed by atoms with Crippen molar-refractivity contribution in [2.75, 3.05) is 0 Å². The van der Waals surface area contributed by atoms with Gasteiger partial charge in [0.15, 0.2) is 0 Å². The number of rotatable bonds is 3. The summed E-state index contributed by atoms with van der Waals surface area (Å²) in [5, 5.41) is 0.423. The van der Waals surface area contributed by atoms with Gasteiger partial charge in [-0.2, -0.15) is 0 Å². The lowest BCUT2D eigenvalue weighted by molar-refractivity contribution is 0.487. The van der Waals surface area contributed by atoms with Crippen LogP contribution in [-0.4, -0.2) is 0 Å². The third-order valence-corrected chi connectivity index (χ3v) is 3.93. The molecule has 0 aliphatic rings. The van der Waals surface area contributed by atoms with E-state index in [0.717, 1.165) is 16.7 Å². The van der Waals surface area contributed by atoms with Crippen molar-refractivity contribution in [3.63, 3.8) is 0 Å². The van der Waals surface area contributed by atoms with E-state index in [2.05, 4.69) is 18.2 Å². The highest BCUT2D eigenvalue weighted by molar-refractivity contribution is 6.31. The Morgan fingerprint density at radius 1 is 1.15 bits per heavy atom. The zero-order valence-electron chi connectivity index (χ0n) is 12.0. The number of halogens is 2. The van der Waals surface area contributed by atoms with E-state index >= 15 is 0 Å². The van der Waals surface area contributed by atoms with Crippen LogP contribution in [0.1, 0.15) is 29.2 Å². The number of hydrogen-bond acceptors (Lipinski definition) is 1. The van der Waals surface area contributed by atoms with Gasteiger partial charge in [0.05, 0.1) is 0 Å². The van der Waals surface area contributed by atoms with Gasteiger partial charge < -0.3 is 5.73 Å². The number of benzene rings is 2. The lowest BCUT2D eigenvalue weighted by Gasteiger charge is -2.28. The van der Waals surface area contributed by atoms with Crippen molar-refractivity contribution in [2.45, 2.75) is 32.7 Å². The summed E-state index contributed by atoms with van der Waals surface area (Å²) < 4.78 is 13.1. The topological polar surface area (TPSA) is 26.0 Å². The van der Waals surface area contributed by atoms with Crippen molar-refractivity contribution < 1.29 is 4.39 Å². The second-order valence-electron chi connectivity index (χ2n) is 5.65. The van der Waals surface area contributed by atoms with Gasteiger partial charge in [0, 0.05) is 10.6 Å². The third kappa shape index (κ3) is 3.20.